The van der Waals surface area contributed by atoms with E-state index >= 15 is 0 Å². The summed E-state index contributed by atoms with van der Waals surface area (Å²) in [6, 6.07) is 3.65. The van der Waals surface area contributed by atoms with Crippen molar-refractivity contribution >= 4 is 5.91 Å². The first-order valence-electron chi connectivity index (χ1n) is 8.77. The second-order valence-electron chi connectivity index (χ2n) is 6.57. The summed E-state index contributed by atoms with van der Waals surface area (Å²) in [6.07, 6.45) is 5.70. The maximum atomic E-state index is 12.4. The normalized spacial score (nSPS) is 20.9. The molecule has 1 atom stereocenters. The fourth-order valence-corrected chi connectivity index (χ4v) is 3.45. The highest BCUT2D eigenvalue weighted by atomic mass is 16.5. The van der Waals surface area contributed by atoms with E-state index in [4.69, 9.17) is 9.26 Å². The lowest BCUT2D eigenvalue weighted by Crippen LogP contribution is -2.39. The topological polar surface area (TPSA) is 80.5 Å². The Hall–Kier alpha value is -2.25. The lowest BCUT2D eigenvalue weighted by Gasteiger charge is -2.27. The molecule has 0 aromatic carbocycles. The molecule has 1 amide bonds. The average molecular weight is 342 g/mol. The number of fused-ring (bicyclic) bond motifs is 1. The molecule has 2 aromatic rings. The first-order valence-corrected chi connectivity index (χ1v) is 8.77. The van der Waals surface area contributed by atoms with Crippen LogP contribution in [0.15, 0.2) is 29.0 Å². The minimum Gasteiger partial charge on any atom is -0.379 e. The largest absolute Gasteiger partial charge is 0.379 e. The van der Waals surface area contributed by atoms with Gasteiger partial charge in [-0.2, -0.15) is 0 Å². The predicted octanol–water partition coefficient (Wildman–Crippen LogP) is 1.19. The van der Waals surface area contributed by atoms with Crippen molar-refractivity contribution in [3.05, 3.63) is 47.1 Å². The minimum atomic E-state index is -0.0762. The van der Waals surface area contributed by atoms with Gasteiger partial charge in [0.25, 0.3) is 5.91 Å². The number of aryl methyl sites for hydroxylation is 1. The van der Waals surface area contributed by atoms with Gasteiger partial charge in [-0.15, -0.1) is 0 Å². The van der Waals surface area contributed by atoms with Crippen LogP contribution in [-0.2, 0) is 24.1 Å². The highest BCUT2D eigenvalue weighted by Gasteiger charge is 2.28. The van der Waals surface area contributed by atoms with E-state index < -0.39 is 0 Å². The Morgan fingerprint density at radius 3 is 3.04 bits per heavy atom. The predicted molar refractivity (Wildman–Crippen MR) is 90.1 cm³/mol. The summed E-state index contributed by atoms with van der Waals surface area (Å²) in [5.41, 5.74) is 2.75. The molecule has 0 spiro atoms. The minimum absolute atomic E-state index is 0.0762. The van der Waals surface area contributed by atoms with Crippen LogP contribution in [-0.4, -0.2) is 53.3 Å². The monoisotopic (exact) mass is 342 g/mol. The third-order valence-electron chi connectivity index (χ3n) is 4.86. The van der Waals surface area contributed by atoms with E-state index in [0.29, 0.717) is 5.56 Å². The van der Waals surface area contributed by atoms with E-state index in [1.54, 1.807) is 24.5 Å². The van der Waals surface area contributed by atoms with Gasteiger partial charge in [0.1, 0.15) is 11.5 Å². The molecule has 1 saturated heterocycles. The summed E-state index contributed by atoms with van der Waals surface area (Å²) in [5.74, 6) is 0.892. The van der Waals surface area contributed by atoms with Gasteiger partial charge >= 0.3 is 0 Å². The van der Waals surface area contributed by atoms with Crippen LogP contribution in [0, 0.1) is 0 Å². The summed E-state index contributed by atoms with van der Waals surface area (Å²) in [5, 5.41) is 7.40. The van der Waals surface area contributed by atoms with Crippen LogP contribution in [0.1, 0.15) is 33.8 Å². The second kappa shape index (κ2) is 7.33. The van der Waals surface area contributed by atoms with Gasteiger partial charge in [-0.05, 0) is 25.0 Å². The molecule has 1 unspecified atom stereocenters. The molecule has 2 aromatic heterocycles. The van der Waals surface area contributed by atoms with Crippen molar-refractivity contribution in [2.75, 3.05) is 26.3 Å². The summed E-state index contributed by atoms with van der Waals surface area (Å²) < 4.78 is 10.9. The van der Waals surface area contributed by atoms with Crippen LogP contribution >= 0.6 is 0 Å². The SMILES string of the molecule is O=C(NC1CCc2onc(CN3CCOCC3)c2C1)c1cccnc1. The van der Waals surface area contributed by atoms with E-state index in [0.717, 1.165) is 69.1 Å². The molecule has 0 radical (unpaired) electrons. The number of aromatic nitrogens is 2. The van der Waals surface area contributed by atoms with Gasteiger partial charge in [-0.1, -0.05) is 5.16 Å². The highest BCUT2D eigenvalue weighted by molar-refractivity contribution is 5.94. The molecule has 25 heavy (non-hydrogen) atoms. The van der Waals surface area contributed by atoms with Crippen LogP contribution in [0.4, 0.5) is 0 Å². The lowest BCUT2D eigenvalue weighted by molar-refractivity contribution is 0.0331. The van der Waals surface area contributed by atoms with Crippen molar-refractivity contribution in [3.63, 3.8) is 0 Å². The molecule has 7 nitrogen and oxygen atoms in total. The van der Waals surface area contributed by atoms with Gasteiger partial charge in [0, 0.05) is 50.1 Å². The first-order chi connectivity index (χ1) is 12.3. The smallest absolute Gasteiger partial charge is 0.253 e. The number of hydrogen-bond donors (Lipinski definition) is 1. The van der Waals surface area contributed by atoms with Crippen molar-refractivity contribution in [1.82, 2.24) is 20.4 Å². The van der Waals surface area contributed by atoms with Crippen LogP contribution in [0.2, 0.25) is 0 Å². The molecule has 132 valence electrons. The summed E-state index contributed by atoms with van der Waals surface area (Å²) in [4.78, 5) is 18.7. The zero-order chi connectivity index (χ0) is 17.1. The van der Waals surface area contributed by atoms with Gasteiger partial charge in [-0.3, -0.25) is 14.7 Å². The van der Waals surface area contributed by atoms with Gasteiger partial charge in [0.05, 0.1) is 18.8 Å². The zero-order valence-corrected chi connectivity index (χ0v) is 14.1. The Morgan fingerprint density at radius 1 is 1.36 bits per heavy atom. The number of rotatable bonds is 4. The van der Waals surface area contributed by atoms with Crippen LogP contribution in [0.3, 0.4) is 0 Å². The highest BCUT2D eigenvalue weighted by Crippen LogP contribution is 2.26. The molecule has 4 rings (SSSR count). The number of carbonyl (C=O) groups excluding carboxylic acids is 1. The molecule has 7 heteroatoms. The molecule has 2 aliphatic rings. The number of amides is 1. The van der Waals surface area contributed by atoms with Crippen molar-refractivity contribution in [2.45, 2.75) is 31.8 Å². The van der Waals surface area contributed by atoms with Crippen LogP contribution in [0.25, 0.3) is 0 Å². The summed E-state index contributed by atoms with van der Waals surface area (Å²) in [7, 11) is 0. The fourth-order valence-electron chi connectivity index (χ4n) is 3.45. The number of carbonyl (C=O) groups is 1. The summed E-state index contributed by atoms with van der Waals surface area (Å²) in [6.45, 7) is 4.16. The van der Waals surface area contributed by atoms with E-state index in [1.807, 2.05) is 0 Å². The van der Waals surface area contributed by atoms with E-state index in [2.05, 4.69) is 20.4 Å². The fraction of sp³-hybridized carbons (Fsp3) is 0.500. The lowest BCUT2D eigenvalue weighted by atomic mass is 9.91. The number of pyridine rings is 1. The molecule has 0 saturated carbocycles. The Kier molecular flexibility index (Phi) is 4.76. The first kappa shape index (κ1) is 16.2. The number of hydrogen-bond acceptors (Lipinski definition) is 6. The molecular formula is C18H22N4O3. The Bertz CT molecular complexity index is 725. The second-order valence-corrected chi connectivity index (χ2v) is 6.57. The van der Waals surface area contributed by atoms with Gasteiger partial charge < -0.3 is 14.6 Å². The average Bonchev–Trinajstić information content (AvgIpc) is 3.05. The Morgan fingerprint density at radius 2 is 2.24 bits per heavy atom. The molecule has 1 aliphatic carbocycles. The van der Waals surface area contributed by atoms with E-state index in [1.165, 1.54) is 0 Å². The summed E-state index contributed by atoms with van der Waals surface area (Å²) >= 11 is 0. The van der Waals surface area contributed by atoms with E-state index in [9.17, 15) is 4.79 Å². The standard InChI is InChI=1S/C18H22N4O3/c23-18(13-2-1-5-19-11-13)20-14-3-4-17-15(10-14)16(21-25-17)12-22-6-8-24-9-7-22/h1-2,5,11,14H,3-4,6-10,12H2,(H,20,23). The maximum Gasteiger partial charge on any atom is 0.253 e. The van der Waals surface area contributed by atoms with Crippen molar-refractivity contribution < 1.29 is 14.1 Å². The molecule has 1 fully saturated rings. The third kappa shape index (κ3) is 3.72. The number of nitrogens with one attached hydrogen (secondary N) is 1. The maximum absolute atomic E-state index is 12.4. The van der Waals surface area contributed by atoms with Gasteiger partial charge in [0.15, 0.2) is 0 Å². The van der Waals surface area contributed by atoms with Crippen molar-refractivity contribution in [1.29, 1.82) is 0 Å². The number of morpholine rings is 1. The Labute approximate surface area is 146 Å². The zero-order valence-electron chi connectivity index (χ0n) is 14.1. The molecular weight excluding hydrogens is 320 g/mol. The van der Waals surface area contributed by atoms with Crippen molar-refractivity contribution in [3.8, 4) is 0 Å². The van der Waals surface area contributed by atoms with Crippen LogP contribution < -0.4 is 5.32 Å². The number of nitrogens with zero attached hydrogens (tertiary/aromatic N) is 3. The van der Waals surface area contributed by atoms with Gasteiger partial charge in [-0.25, -0.2) is 0 Å². The van der Waals surface area contributed by atoms with Gasteiger partial charge in [0.2, 0.25) is 0 Å². The molecule has 3 heterocycles. The third-order valence-corrected chi connectivity index (χ3v) is 4.86. The van der Waals surface area contributed by atoms with E-state index in [-0.39, 0.29) is 11.9 Å². The molecule has 1 N–H and O–H groups in total. The molecule has 1 aliphatic heterocycles. The van der Waals surface area contributed by atoms with Crippen LogP contribution in [0.5, 0.6) is 0 Å². The van der Waals surface area contributed by atoms with Crippen molar-refractivity contribution in [2.24, 2.45) is 0 Å². The number of ether oxygens (including phenoxy) is 1. The Balaban J connectivity index is 1.41. The quantitative estimate of drug-likeness (QED) is 0.899. The molecule has 0 bridgehead atoms.